The monoisotopic (exact) mass is 369 g/mol. The van der Waals surface area contributed by atoms with Crippen molar-refractivity contribution in [2.45, 2.75) is 25.9 Å². The molecule has 0 aromatic heterocycles. The summed E-state index contributed by atoms with van der Waals surface area (Å²) in [7, 11) is -1.86. The highest BCUT2D eigenvalue weighted by atomic mass is 35.5. The molecule has 0 saturated carbocycles. The predicted octanol–water partition coefficient (Wildman–Crippen LogP) is -0.0833. The first-order chi connectivity index (χ1) is 10.4. The Morgan fingerprint density at radius 3 is 2.57 bits per heavy atom. The number of methoxy groups -OCH3 is 1. The van der Waals surface area contributed by atoms with Crippen LogP contribution in [0.15, 0.2) is 0 Å². The Morgan fingerprint density at radius 2 is 1.96 bits per heavy atom. The summed E-state index contributed by atoms with van der Waals surface area (Å²) in [4.78, 5) is 14.4. The van der Waals surface area contributed by atoms with Crippen LogP contribution in [-0.2, 0) is 19.6 Å². The zero-order valence-corrected chi connectivity index (χ0v) is 15.5. The van der Waals surface area contributed by atoms with Crippen LogP contribution in [0.1, 0.15) is 19.8 Å². The zero-order valence-electron chi connectivity index (χ0n) is 13.9. The summed E-state index contributed by atoms with van der Waals surface area (Å²) in [5, 5.41) is 3.22. The minimum atomic E-state index is -3.37. The van der Waals surface area contributed by atoms with E-state index < -0.39 is 10.0 Å². The Morgan fingerprint density at radius 1 is 1.30 bits per heavy atom. The van der Waals surface area contributed by atoms with E-state index in [9.17, 15) is 13.2 Å². The molecule has 2 aliphatic rings. The second kappa shape index (κ2) is 9.17. The molecule has 2 heterocycles. The third-order valence-electron chi connectivity index (χ3n) is 4.40. The molecule has 23 heavy (non-hydrogen) atoms. The van der Waals surface area contributed by atoms with Crippen LogP contribution in [-0.4, -0.2) is 81.8 Å². The molecule has 0 bridgehead atoms. The molecule has 2 atom stereocenters. The summed E-state index contributed by atoms with van der Waals surface area (Å²) in [6.45, 7) is 5.60. The predicted molar refractivity (Wildman–Crippen MR) is 91.3 cm³/mol. The lowest BCUT2D eigenvalue weighted by molar-refractivity contribution is -0.137. The molecule has 1 amide bonds. The van der Waals surface area contributed by atoms with Crippen LogP contribution in [0.25, 0.3) is 0 Å². The van der Waals surface area contributed by atoms with Gasteiger partial charge in [-0.05, 0) is 19.8 Å². The van der Waals surface area contributed by atoms with Gasteiger partial charge in [-0.2, -0.15) is 0 Å². The molecular weight excluding hydrogens is 342 g/mol. The highest BCUT2D eigenvalue weighted by molar-refractivity contribution is 7.89. The average Bonchev–Trinajstić information content (AvgIpc) is 2.54. The van der Waals surface area contributed by atoms with Gasteiger partial charge in [-0.25, -0.2) is 12.7 Å². The topological polar surface area (TPSA) is 79.0 Å². The standard InChI is InChI=1S/C14H27N3O4S.ClH/c1-12(21-2)11-22(19,20)17-7-3-4-13(10-17)14(18)16-8-5-15-6-9-16;/h12-13,15H,3-11H2,1-2H3;1H. The van der Waals surface area contributed by atoms with Crippen LogP contribution in [0.5, 0.6) is 0 Å². The van der Waals surface area contributed by atoms with Gasteiger partial charge in [0.05, 0.1) is 17.8 Å². The number of piperidine rings is 1. The highest BCUT2D eigenvalue weighted by Crippen LogP contribution is 2.22. The van der Waals surface area contributed by atoms with E-state index in [1.54, 1.807) is 6.92 Å². The summed E-state index contributed by atoms with van der Waals surface area (Å²) in [5.41, 5.74) is 0. The molecule has 0 spiro atoms. The molecule has 2 rings (SSSR count). The lowest BCUT2D eigenvalue weighted by atomic mass is 9.98. The van der Waals surface area contributed by atoms with Crippen molar-refractivity contribution >= 4 is 28.3 Å². The molecule has 2 fully saturated rings. The maximum Gasteiger partial charge on any atom is 0.227 e. The van der Waals surface area contributed by atoms with Gasteiger partial charge >= 0.3 is 0 Å². The molecule has 0 aromatic carbocycles. The molecule has 9 heteroatoms. The Kier molecular flexibility index (Phi) is 8.23. The van der Waals surface area contributed by atoms with E-state index in [0.717, 1.165) is 25.9 Å². The zero-order chi connectivity index (χ0) is 16.2. The van der Waals surface area contributed by atoms with Gasteiger partial charge in [0.15, 0.2) is 0 Å². The van der Waals surface area contributed by atoms with Crippen LogP contribution >= 0.6 is 12.4 Å². The first-order valence-electron chi connectivity index (χ1n) is 7.94. The molecule has 2 unspecified atom stereocenters. The Labute approximate surface area is 145 Å². The highest BCUT2D eigenvalue weighted by Gasteiger charge is 2.35. The number of hydrogen-bond donors (Lipinski definition) is 1. The minimum Gasteiger partial charge on any atom is -0.381 e. The number of halogens is 1. The van der Waals surface area contributed by atoms with Crippen LogP contribution in [0.3, 0.4) is 0 Å². The van der Waals surface area contributed by atoms with Crippen LogP contribution in [0.4, 0.5) is 0 Å². The van der Waals surface area contributed by atoms with Crippen molar-refractivity contribution < 1.29 is 17.9 Å². The molecule has 2 saturated heterocycles. The van der Waals surface area contributed by atoms with Gasteiger partial charge in [-0.1, -0.05) is 0 Å². The number of ether oxygens (including phenoxy) is 1. The lowest BCUT2D eigenvalue weighted by Gasteiger charge is -2.36. The second-order valence-corrected chi connectivity index (χ2v) is 8.11. The molecule has 1 N–H and O–H groups in total. The van der Waals surface area contributed by atoms with Gasteiger partial charge in [0.2, 0.25) is 15.9 Å². The van der Waals surface area contributed by atoms with Gasteiger partial charge in [0, 0.05) is 46.4 Å². The van der Waals surface area contributed by atoms with E-state index in [-0.39, 0.29) is 36.1 Å². The van der Waals surface area contributed by atoms with Crippen molar-refractivity contribution in [3.8, 4) is 0 Å². The van der Waals surface area contributed by atoms with Crippen LogP contribution < -0.4 is 5.32 Å². The first kappa shape index (κ1) is 20.6. The average molecular weight is 370 g/mol. The Hall–Kier alpha value is -0.410. The van der Waals surface area contributed by atoms with E-state index in [1.165, 1.54) is 11.4 Å². The normalized spacial score (nSPS) is 24.8. The van der Waals surface area contributed by atoms with Crippen molar-refractivity contribution in [3.63, 3.8) is 0 Å². The third kappa shape index (κ3) is 5.56. The van der Waals surface area contributed by atoms with E-state index in [1.807, 2.05) is 4.90 Å². The fraction of sp³-hybridized carbons (Fsp3) is 0.929. The van der Waals surface area contributed by atoms with E-state index in [4.69, 9.17) is 4.74 Å². The third-order valence-corrected chi connectivity index (χ3v) is 6.41. The number of nitrogens with one attached hydrogen (secondary N) is 1. The summed E-state index contributed by atoms with van der Waals surface area (Å²) in [5.74, 6) is -0.140. The van der Waals surface area contributed by atoms with E-state index in [2.05, 4.69) is 5.32 Å². The summed E-state index contributed by atoms with van der Waals surface area (Å²) >= 11 is 0. The van der Waals surface area contributed by atoms with Gasteiger partial charge in [0.1, 0.15) is 0 Å². The summed E-state index contributed by atoms with van der Waals surface area (Å²) in [6.07, 6.45) is 1.17. The number of hydrogen-bond acceptors (Lipinski definition) is 5. The number of rotatable bonds is 5. The van der Waals surface area contributed by atoms with Gasteiger partial charge in [0.25, 0.3) is 0 Å². The summed E-state index contributed by atoms with van der Waals surface area (Å²) < 4.78 is 31.3. The van der Waals surface area contributed by atoms with E-state index in [0.29, 0.717) is 26.2 Å². The number of carbonyl (C=O) groups excluding carboxylic acids is 1. The first-order valence-corrected chi connectivity index (χ1v) is 9.55. The largest absolute Gasteiger partial charge is 0.381 e. The number of amides is 1. The van der Waals surface area contributed by atoms with E-state index >= 15 is 0 Å². The molecule has 0 aromatic rings. The number of sulfonamides is 1. The number of piperazine rings is 1. The van der Waals surface area contributed by atoms with Crippen molar-refractivity contribution in [2.24, 2.45) is 5.92 Å². The van der Waals surface area contributed by atoms with Crippen molar-refractivity contribution in [2.75, 3.05) is 52.1 Å². The fourth-order valence-electron chi connectivity index (χ4n) is 3.01. The van der Waals surface area contributed by atoms with Crippen molar-refractivity contribution in [1.82, 2.24) is 14.5 Å². The van der Waals surface area contributed by atoms with Crippen molar-refractivity contribution in [3.05, 3.63) is 0 Å². The van der Waals surface area contributed by atoms with Gasteiger partial charge in [-0.15, -0.1) is 12.4 Å². The van der Waals surface area contributed by atoms with Crippen LogP contribution in [0, 0.1) is 5.92 Å². The Balaban J connectivity index is 0.00000264. The summed E-state index contributed by atoms with van der Waals surface area (Å²) in [6, 6.07) is 0. The molecule has 2 aliphatic heterocycles. The maximum absolute atomic E-state index is 12.6. The molecule has 0 radical (unpaired) electrons. The number of nitrogens with zero attached hydrogens (tertiary/aromatic N) is 2. The smallest absolute Gasteiger partial charge is 0.227 e. The Bertz CT molecular complexity index is 482. The molecular formula is C14H28ClN3O4S. The lowest BCUT2D eigenvalue weighted by Crippen LogP contribution is -2.52. The molecule has 7 nitrogen and oxygen atoms in total. The quantitative estimate of drug-likeness (QED) is 0.733. The second-order valence-electron chi connectivity index (χ2n) is 6.10. The SMILES string of the molecule is COC(C)CS(=O)(=O)N1CCCC(C(=O)N2CCNCC2)C1.Cl. The van der Waals surface area contributed by atoms with Gasteiger partial charge < -0.3 is 15.0 Å². The number of carbonyl (C=O) groups is 1. The van der Waals surface area contributed by atoms with Crippen LogP contribution in [0.2, 0.25) is 0 Å². The molecule has 0 aliphatic carbocycles. The molecule has 136 valence electrons. The minimum absolute atomic E-state index is 0. The maximum atomic E-state index is 12.6. The fourth-order valence-corrected chi connectivity index (χ4v) is 4.76. The van der Waals surface area contributed by atoms with Gasteiger partial charge in [-0.3, -0.25) is 4.79 Å². The van der Waals surface area contributed by atoms with Crippen molar-refractivity contribution in [1.29, 1.82) is 0 Å².